The third kappa shape index (κ3) is 5.54. The van der Waals surface area contributed by atoms with Crippen molar-refractivity contribution in [2.45, 2.75) is 11.8 Å². The number of thioether (sulfide) groups is 1. The van der Waals surface area contributed by atoms with Crippen LogP contribution in [0.2, 0.25) is 0 Å². The molecule has 34 heavy (non-hydrogen) atoms. The summed E-state index contributed by atoms with van der Waals surface area (Å²) in [5.74, 6) is -0.190. The molecule has 4 rings (SSSR count). The van der Waals surface area contributed by atoms with Gasteiger partial charge in [-0.1, -0.05) is 54.6 Å². The van der Waals surface area contributed by atoms with Crippen molar-refractivity contribution in [1.29, 1.82) is 5.26 Å². The van der Waals surface area contributed by atoms with Crippen LogP contribution in [0.1, 0.15) is 21.5 Å². The molecule has 0 aliphatic heterocycles. The van der Waals surface area contributed by atoms with Crippen molar-refractivity contribution in [2.75, 3.05) is 16.4 Å². The van der Waals surface area contributed by atoms with Gasteiger partial charge in [-0.3, -0.25) is 9.59 Å². The van der Waals surface area contributed by atoms with Crippen LogP contribution < -0.4 is 10.6 Å². The summed E-state index contributed by atoms with van der Waals surface area (Å²) in [5.41, 5.74) is 4.41. The van der Waals surface area contributed by atoms with E-state index < -0.39 is 0 Å². The first-order valence-corrected chi connectivity index (χ1v) is 12.4. The smallest absolute Gasteiger partial charge is 0.255 e. The van der Waals surface area contributed by atoms with Crippen LogP contribution in [-0.2, 0) is 4.79 Å². The number of carbonyl (C=O) groups is 2. The number of carbonyl (C=O) groups excluding carboxylic acids is 2. The highest BCUT2D eigenvalue weighted by molar-refractivity contribution is 8.00. The summed E-state index contributed by atoms with van der Waals surface area (Å²) >= 11 is 2.71. The molecular weight excluding hydrogens is 462 g/mol. The van der Waals surface area contributed by atoms with Crippen LogP contribution in [0.15, 0.2) is 89.1 Å². The molecule has 168 valence electrons. The lowest BCUT2D eigenvalue weighted by molar-refractivity contribution is -0.113. The molecule has 1 aromatic heterocycles. The van der Waals surface area contributed by atoms with E-state index in [0.29, 0.717) is 21.8 Å². The van der Waals surface area contributed by atoms with Crippen molar-refractivity contribution in [3.8, 4) is 17.2 Å². The first kappa shape index (κ1) is 23.3. The molecule has 0 saturated carbocycles. The zero-order valence-electron chi connectivity index (χ0n) is 18.4. The van der Waals surface area contributed by atoms with Gasteiger partial charge in [0.15, 0.2) is 0 Å². The highest BCUT2D eigenvalue weighted by Crippen LogP contribution is 2.35. The number of nitriles is 1. The molecule has 1 heterocycles. The SMILES string of the molecule is Cc1ccccc1C(=O)Nc1cccc(SCC(=O)Nc2scc(-c3ccccc3)c2C#N)c1. The van der Waals surface area contributed by atoms with Crippen molar-refractivity contribution in [2.24, 2.45) is 0 Å². The van der Waals surface area contributed by atoms with E-state index in [1.807, 2.05) is 85.1 Å². The van der Waals surface area contributed by atoms with Gasteiger partial charge in [0, 0.05) is 27.1 Å². The molecule has 0 saturated heterocycles. The predicted octanol–water partition coefficient (Wildman–Crippen LogP) is 6.58. The molecule has 0 spiro atoms. The van der Waals surface area contributed by atoms with Gasteiger partial charge >= 0.3 is 0 Å². The third-order valence-electron chi connectivity index (χ3n) is 5.09. The van der Waals surface area contributed by atoms with E-state index in [0.717, 1.165) is 21.6 Å². The molecule has 7 heteroatoms. The number of anilines is 2. The summed E-state index contributed by atoms with van der Waals surface area (Å²) < 4.78 is 0. The fraction of sp³-hybridized carbons (Fsp3) is 0.0741. The number of amides is 2. The Morgan fingerprint density at radius 3 is 2.50 bits per heavy atom. The Morgan fingerprint density at radius 2 is 1.74 bits per heavy atom. The molecule has 2 N–H and O–H groups in total. The molecule has 0 aliphatic carbocycles. The van der Waals surface area contributed by atoms with Gasteiger partial charge in [-0.05, 0) is 42.3 Å². The minimum Gasteiger partial charge on any atom is -0.322 e. The summed E-state index contributed by atoms with van der Waals surface area (Å²) in [4.78, 5) is 26.0. The maximum atomic E-state index is 12.6. The quantitative estimate of drug-likeness (QED) is 0.291. The van der Waals surface area contributed by atoms with Gasteiger partial charge in [0.2, 0.25) is 5.91 Å². The van der Waals surface area contributed by atoms with Gasteiger partial charge in [-0.25, -0.2) is 0 Å². The van der Waals surface area contributed by atoms with Gasteiger partial charge in [-0.15, -0.1) is 23.1 Å². The molecule has 0 bridgehead atoms. The molecule has 3 aromatic carbocycles. The van der Waals surface area contributed by atoms with Crippen LogP contribution in [0.25, 0.3) is 11.1 Å². The summed E-state index contributed by atoms with van der Waals surface area (Å²) in [5, 5.41) is 17.8. The first-order chi connectivity index (χ1) is 16.5. The van der Waals surface area contributed by atoms with E-state index in [9.17, 15) is 14.9 Å². The molecule has 0 aliphatic rings. The highest BCUT2D eigenvalue weighted by atomic mass is 32.2. The monoisotopic (exact) mass is 483 g/mol. The molecule has 2 amide bonds. The lowest BCUT2D eigenvalue weighted by atomic mass is 10.1. The summed E-state index contributed by atoms with van der Waals surface area (Å²) in [7, 11) is 0. The number of hydrogen-bond acceptors (Lipinski definition) is 5. The largest absolute Gasteiger partial charge is 0.322 e. The molecule has 0 fully saturated rings. The van der Waals surface area contributed by atoms with Crippen LogP contribution in [0.4, 0.5) is 10.7 Å². The summed E-state index contributed by atoms with van der Waals surface area (Å²) in [6.07, 6.45) is 0. The van der Waals surface area contributed by atoms with Crippen molar-refractivity contribution < 1.29 is 9.59 Å². The lowest BCUT2D eigenvalue weighted by Gasteiger charge is -2.09. The van der Waals surface area contributed by atoms with E-state index in [-0.39, 0.29) is 17.6 Å². The van der Waals surface area contributed by atoms with Crippen LogP contribution in [0.3, 0.4) is 0 Å². The van der Waals surface area contributed by atoms with Gasteiger partial charge in [0.05, 0.1) is 11.3 Å². The van der Waals surface area contributed by atoms with Crippen molar-refractivity contribution >= 4 is 45.6 Å². The summed E-state index contributed by atoms with van der Waals surface area (Å²) in [6.45, 7) is 1.90. The number of rotatable bonds is 7. The maximum absolute atomic E-state index is 12.6. The minimum atomic E-state index is -0.197. The van der Waals surface area contributed by atoms with Gasteiger partial charge < -0.3 is 10.6 Å². The molecule has 4 aromatic rings. The normalized spacial score (nSPS) is 10.4. The Morgan fingerprint density at radius 1 is 0.971 bits per heavy atom. The van der Waals surface area contributed by atoms with E-state index in [2.05, 4.69) is 16.7 Å². The fourth-order valence-corrected chi connectivity index (χ4v) is 5.08. The van der Waals surface area contributed by atoms with Gasteiger partial charge in [-0.2, -0.15) is 5.26 Å². The van der Waals surface area contributed by atoms with Crippen LogP contribution in [0.5, 0.6) is 0 Å². The average Bonchev–Trinajstić information content (AvgIpc) is 3.26. The topological polar surface area (TPSA) is 82.0 Å². The number of thiophene rings is 1. The minimum absolute atomic E-state index is 0.172. The van der Waals surface area contributed by atoms with E-state index in [4.69, 9.17) is 0 Å². The number of benzene rings is 3. The van der Waals surface area contributed by atoms with E-state index >= 15 is 0 Å². The second kappa shape index (κ2) is 10.8. The zero-order valence-corrected chi connectivity index (χ0v) is 20.0. The zero-order chi connectivity index (χ0) is 23.9. The average molecular weight is 484 g/mol. The Kier molecular flexibility index (Phi) is 7.43. The fourth-order valence-electron chi connectivity index (χ4n) is 3.39. The number of aryl methyl sites for hydroxylation is 1. The van der Waals surface area contributed by atoms with Crippen molar-refractivity contribution in [1.82, 2.24) is 0 Å². The van der Waals surface area contributed by atoms with Gasteiger partial charge in [0.25, 0.3) is 5.91 Å². The van der Waals surface area contributed by atoms with Crippen LogP contribution in [0, 0.1) is 18.3 Å². The molecule has 0 radical (unpaired) electrons. The predicted molar refractivity (Wildman–Crippen MR) is 139 cm³/mol. The molecule has 0 unspecified atom stereocenters. The number of nitrogens with one attached hydrogen (secondary N) is 2. The first-order valence-electron chi connectivity index (χ1n) is 10.5. The second-order valence-electron chi connectivity index (χ2n) is 7.47. The van der Waals surface area contributed by atoms with E-state index in [1.165, 1.54) is 23.1 Å². The standard InChI is InChI=1S/C27H21N3O2S2/c1-18-8-5-6-13-22(18)26(32)29-20-11-7-12-21(14-20)33-17-25(31)30-27-23(15-28)24(16-34-27)19-9-3-2-4-10-19/h2-14,16H,17H2,1H3,(H,29,32)(H,30,31). The molecule has 0 atom stereocenters. The summed E-state index contributed by atoms with van der Waals surface area (Å²) in [6, 6.07) is 26.7. The Balaban J connectivity index is 1.38. The van der Waals surface area contributed by atoms with E-state index in [1.54, 1.807) is 6.07 Å². The third-order valence-corrected chi connectivity index (χ3v) is 6.98. The lowest BCUT2D eigenvalue weighted by Crippen LogP contribution is -2.14. The Bertz CT molecular complexity index is 1370. The second-order valence-corrected chi connectivity index (χ2v) is 9.39. The van der Waals surface area contributed by atoms with Crippen molar-refractivity contribution in [3.05, 3.63) is 101 Å². The Labute approximate surface area is 206 Å². The Hall–Kier alpha value is -3.86. The van der Waals surface area contributed by atoms with Crippen molar-refractivity contribution in [3.63, 3.8) is 0 Å². The number of hydrogen-bond donors (Lipinski definition) is 2. The number of nitrogens with zero attached hydrogens (tertiary/aromatic N) is 1. The highest BCUT2D eigenvalue weighted by Gasteiger charge is 2.15. The van der Waals surface area contributed by atoms with Gasteiger partial charge in [0.1, 0.15) is 11.1 Å². The maximum Gasteiger partial charge on any atom is 0.255 e. The van der Waals surface area contributed by atoms with Crippen LogP contribution >= 0.6 is 23.1 Å². The molecular formula is C27H21N3O2S2. The van der Waals surface area contributed by atoms with Crippen LogP contribution in [-0.4, -0.2) is 17.6 Å². The molecule has 5 nitrogen and oxygen atoms in total.